The van der Waals surface area contributed by atoms with E-state index in [0.717, 1.165) is 18.5 Å². The minimum atomic E-state index is -0.0800. The fourth-order valence-corrected chi connectivity index (χ4v) is 3.22. The fraction of sp³-hybridized carbons (Fsp3) is 0.333. The molecule has 1 fully saturated rings. The largest absolute Gasteiger partial charge is 0.355 e. The van der Waals surface area contributed by atoms with Crippen LogP contribution in [0.5, 0.6) is 0 Å². The number of hydrogen-bond acceptors (Lipinski definition) is 4. The number of carbonyl (C=O) groups is 1. The van der Waals surface area contributed by atoms with Crippen LogP contribution in [0.4, 0.5) is 0 Å². The van der Waals surface area contributed by atoms with Gasteiger partial charge in [0.2, 0.25) is 5.82 Å². The Bertz CT molecular complexity index is 894. The van der Waals surface area contributed by atoms with Crippen molar-refractivity contribution < 1.29 is 4.79 Å². The van der Waals surface area contributed by atoms with Crippen molar-refractivity contribution in [3.8, 4) is 11.5 Å². The molecular weight excluding hydrogens is 316 g/mol. The van der Waals surface area contributed by atoms with Gasteiger partial charge in [-0.1, -0.05) is 24.3 Å². The molecule has 4 rings (SSSR count). The van der Waals surface area contributed by atoms with Crippen LogP contribution in [0.25, 0.3) is 11.5 Å². The van der Waals surface area contributed by atoms with Gasteiger partial charge in [-0.05, 0) is 55.0 Å². The Hall–Kier alpha value is -2.96. The molecule has 1 atom stereocenters. The first-order valence-corrected chi connectivity index (χ1v) is 8.43. The molecule has 3 aromatic rings. The van der Waals surface area contributed by atoms with Gasteiger partial charge in [0, 0.05) is 5.69 Å². The van der Waals surface area contributed by atoms with E-state index in [-0.39, 0.29) is 11.9 Å². The van der Waals surface area contributed by atoms with Crippen molar-refractivity contribution in [1.82, 2.24) is 30.9 Å². The molecule has 0 spiro atoms. The minimum absolute atomic E-state index is 0.0524. The van der Waals surface area contributed by atoms with Crippen LogP contribution in [0.1, 0.15) is 46.1 Å². The molecule has 0 bridgehead atoms. The lowest BCUT2D eigenvalue weighted by Crippen LogP contribution is -2.30. The van der Waals surface area contributed by atoms with E-state index in [1.807, 2.05) is 19.1 Å². The number of aromatic amines is 2. The normalized spacial score (nSPS) is 15.1. The Morgan fingerprint density at radius 1 is 1.28 bits per heavy atom. The summed E-state index contributed by atoms with van der Waals surface area (Å²) in [5.41, 5.74) is 4.48. The predicted molar refractivity (Wildman–Crippen MR) is 92.8 cm³/mol. The first kappa shape index (κ1) is 15.6. The number of carbonyl (C=O) groups excluding carboxylic acids is 1. The summed E-state index contributed by atoms with van der Waals surface area (Å²) in [5, 5.41) is 17.1. The Kier molecular flexibility index (Phi) is 3.83. The van der Waals surface area contributed by atoms with Gasteiger partial charge in [0.1, 0.15) is 0 Å². The first-order chi connectivity index (χ1) is 12.1. The van der Waals surface area contributed by atoms with E-state index < -0.39 is 0 Å². The maximum atomic E-state index is 12.9. The molecule has 1 aliphatic carbocycles. The topological polar surface area (TPSA) is 99.3 Å². The quantitative estimate of drug-likeness (QED) is 0.667. The summed E-state index contributed by atoms with van der Waals surface area (Å²) in [5.74, 6) is 0.879. The number of rotatable bonds is 5. The molecule has 0 aliphatic heterocycles. The molecule has 128 valence electrons. The van der Waals surface area contributed by atoms with Crippen molar-refractivity contribution in [2.24, 2.45) is 5.92 Å². The summed E-state index contributed by atoms with van der Waals surface area (Å²) in [6.07, 6.45) is 2.30. The van der Waals surface area contributed by atoms with E-state index in [1.165, 1.54) is 11.1 Å². The Labute approximate surface area is 145 Å². The van der Waals surface area contributed by atoms with Gasteiger partial charge in [0.15, 0.2) is 0 Å². The van der Waals surface area contributed by atoms with Crippen molar-refractivity contribution >= 4 is 5.91 Å². The van der Waals surface area contributed by atoms with Crippen LogP contribution in [0.15, 0.2) is 30.3 Å². The number of tetrazole rings is 1. The number of hydrogen-bond donors (Lipinski definition) is 3. The fourth-order valence-electron chi connectivity index (χ4n) is 3.22. The standard InChI is InChI=1S/C18H20N6O/c1-10-5-3-4-6-13(10)16(12-7-8-12)20-18(25)14-9-15(19-11(14)2)17-21-23-24-22-17/h3-6,9,12,16,19H,7-8H2,1-2H3,(H,20,25)(H,21,22,23,24). The highest BCUT2D eigenvalue weighted by Gasteiger charge is 2.34. The van der Waals surface area contributed by atoms with Crippen LogP contribution in [-0.4, -0.2) is 31.5 Å². The molecule has 2 aromatic heterocycles. The number of H-pyrrole nitrogens is 2. The van der Waals surface area contributed by atoms with Crippen LogP contribution in [0.2, 0.25) is 0 Å². The number of nitrogens with zero attached hydrogens (tertiary/aromatic N) is 3. The van der Waals surface area contributed by atoms with Crippen LogP contribution in [0.3, 0.4) is 0 Å². The van der Waals surface area contributed by atoms with Crippen LogP contribution in [0, 0.1) is 19.8 Å². The van der Waals surface area contributed by atoms with E-state index in [2.05, 4.69) is 50.0 Å². The summed E-state index contributed by atoms with van der Waals surface area (Å²) in [7, 11) is 0. The molecule has 7 nitrogen and oxygen atoms in total. The van der Waals surface area contributed by atoms with Crippen LogP contribution < -0.4 is 5.32 Å². The van der Waals surface area contributed by atoms with Crippen LogP contribution >= 0.6 is 0 Å². The summed E-state index contributed by atoms with van der Waals surface area (Å²) < 4.78 is 0. The molecule has 1 aromatic carbocycles. The number of aromatic nitrogens is 5. The number of benzene rings is 1. The average Bonchev–Trinajstić information content (AvgIpc) is 3.14. The lowest BCUT2D eigenvalue weighted by atomic mass is 9.97. The second-order valence-electron chi connectivity index (χ2n) is 6.60. The highest BCUT2D eigenvalue weighted by atomic mass is 16.1. The maximum Gasteiger partial charge on any atom is 0.253 e. The van der Waals surface area contributed by atoms with E-state index in [0.29, 0.717) is 23.0 Å². The summed E-state index contributed by atoms with van der Waals surface area (Å²) in [4.78, 5) is 16.0. The number of aryl methyl sites for hydroxylation is 2. The zero-order valence-electron chi connectivity index (χ0n) is 14.2. The molecule has 1 saturated carbocycles. The van der Waals surface area contributed by atoms with Crippen molar-refractivity contribution in [3.63, 3.8) is 0 Å². The van der Waals surface area contributed by atoms with Gasteiger partial charge in [-0.15, -0.1) is 10.2 Å². The Morgan fingerprint density at radius 2 is 2.08 bits per heavy atom. The van der Waals surface area contributed by atoms with Gasteiger partial charge in [-0.3, -0.25) is 4.79 Å². The van der Waals surface area contributed by atoms with Crippen molar-refractivity contribution in [1.29, 1.82) is 0 Å². The highest BCUT2D eigenvalue weighted by Crippen LogP contribution is 2.42. The van der Waals surface area contributed by atoms with E-state index in [9.17, 15) is 4.79 Å². The van der Waals surface area contributed by atoms with Crippen molar-refractivity contribution in [3.05, 3.63) is 52.7 Å². The van der Waals surface area contributed by atoms with E-state index in [4.69, 9.17) is 0 Å². The molecule has 7 heteroatoms. The number of nitrogens with one attached hydrogen (secondary N) is 3. The number of amides is 1. The highest BCUT2D eigenvalue weighted by molar-refractivity contribution is 5.96. The smallest absolute Gasteiger partial charge is 0.253 e. The molecule has 2 heterocycles. The van der Waals surface area contributed by atoms with Gasteiger partial charge in [-0.25, -0.2) is 0 Å². The molecule has 0 saturated heterocycles. The first-order valence-electron chi connectivity index (χ1n) is 8.43. The van der Waals surface area contributed by atoms with E-state index >= 15 is 0 Å². The van der Waals surface area contributed by atoms with Gasteiger partial charge < -0.3 is 10.3 Å². The molecule has 1 amide bonds. The summed E-state index contributed by atoms with van der Waals surface area (Å²) in [6.45, 7) is 3.96. The summed E-state index contributed by atoms with van der Waals surface area (Å²) >= 11 is 0. The van der Waals surface area contributed by atoms with Gasteiger partial charge in [0.05, 0.1) is 17.3 Å². The van der Waals surface area contributed by atoms with Gasteiger partial charge >= 0.3 is 0 Å². The zero-order chi connectivity index (χ0) is 17.4. The lowest BCUT2D eigenvalue weighted by Gasteiger charge is -2.20. The maximum absolute atomic E-state index is 12.9. The third-order valence-electron chi connectivity index (χ3n) is 4.75. The summed E-state index contributed by atoms with van der Waals surface area (Å²) in [6, 6.07) is 10.1. The Balaban J connectivity index is 1.59. The molecular formula is C18H20N6O. The molecule has 1 aliphatic rings. The molecule has 3 N–H and O–H groups in total. The second kappa shape index (κ2) is 6.16. The minimum Gasteiger partial charge on any atom is -0.355 e. The third kappa shape index (κ3) is 3.05. The SMILES string of the molecule is Cc1ccccc1C(NC(=O)c1cc(-c2nn[nH]n2)[nH]c1C)C1CC1. The zero-order valence-corrected chi connectivity index (χ0v) is 14.2. The predicted octanol–water partition coefficient (Wildman–Crippen LogP) is 2.69. The second-order valence-corrected chi connectivity index (χ2v) is 6.60. The monoisotopic (exact) mass is 336 g/mol. The van der Waals surface area contributed by atoms with E-state index in [1.54, 1.807) is 6.07 Å². The lowest BCUT2D eigenvalue weighted by molar-refractivity contribution is 0.0931. The molecule has 25 heavy (non-hydrogen) atoms. The van der Waals surface area contributed by atoms with Crippen molar-refractivity contribution in [2.45, 2.75) is 32.7 Å². The Morgan fingerprint density at radius 3 is 2.76 bits per heavy atom. The van der Waals surface area contributed by atoms with Gasteiger partial charge in [0.25, 0.3) is 5.91 Å². The molecule has 0 radical (unpaired) electrons. The van der Waals surface area contributed by atoms with Crippen molar-refractivity contribution in [2.75, 3.05) is 0 Å². The average molecular weight is 336 g/mol. The molecule has 1 unspecified atom stereocenters. The third-order valence-corrected chi connectivity index (χ3v) is 4.75. The van der Waals surface area contributed by atoms with Gasteiger partial charge in [-0.2, -0.15) is 5.21 Å². The van der Waals surface area contributed by atoms with Crippen LogP contribution in [-0.2, 0) is 0 Å².